The normalized spacial score (nSPS) is 21.9. The lowest BCUT2D eigenvalue weighted by atomic mass is 9.81. The first-order valence-electron chi connectivity index (χ1n) is 10.2. The van der Waals surface area contributed by atoms with Gasteiger partial charge in [-0.05, 0) is 48.6 Å². The van der Waals surface area contributed by atoms with Crippen molar-refractivity contribution >= 4 is 11.6 Å². The monoisotopic (exact) mass is 348 g/mol. The molecule has 2 aliphatic rings. The van der Waals surface area contributed by atoms with E-state index < -0.39 is 0 Å². The molecule has 2 fully saturated rings. The number of phenolic OH excluding ortho intramolecular Hbond substituents is 1. The number of halogens is 1. The first-order chi connectivity index (χ1) is 11.8. The third kappa shape index (κ3) is 4.48. The van der Waals surface area contributed by atoms with Gasteiger partial charge < -0.3 is 5.11 Å². The van der Waals surface area contributed by atoms with E-state index in [4.69, 9.17) is 11.6 Å². The SMILES string of the molecule is Oc1c(CCl)cc(C2CCCCCC2)cc1C1CCCCCCC1. The molecule has 1 aromatic rings. The van der Waals surface area contributed by atoms with Crippen molar-refractivity contribution in [3.05, 3.63) is 28.8 Å². The van der Waals surface area contributed by atoms with Crippen LogP contribution in [0.5, 0.6) is 5.75 Å². The van der Waals surface area contributed by atoms with Crippen LogP contribution in [0.15, 0.2) is 12.1 Å². The van der Waals surface area contributed by atoms with E-state index >= 15 is 0 Å². The fourth-order valence-electron chi connectivity index (χ4n) is 4.77. The number of hydrogen-bond acceptors (Lipinski definition) is 1. The van der Waals surface area contributed by atoms with Crippen molar-refractivity contribution in [3.8, 4) is 5.75 Å². The molecular formula is C22H33ClO. The molecule has 0 heterocycles. The summed E-state index contributed by atoms with van der Waals surface area (Å²) in [5.41, 5.74) is 3.60. The largest absolute Gasteiger partial charge is 0.507 e. The third-order valence-electron chi connectivity index (χ3n) is 6.26. The maximum Gasteiger partial charge on any atom is 0.123 e. The van der Waals surface area contributed by atoms with Crippen LogP contribution in [0.25, 0.3) is 0 Å². The zero-order valence-corrected chi connectivity index (χ0v) is 15.8. The molecule has 0 amide bonds. The van der Waals surface area contributed by atoms with E-state index in [0.29, 0.717) is 23.5 Å². The van der Waals surface area contributed by atoms with Crippen LogP contribution in [0, 0.1) is 0 Å². The maximum absolute atomic E-state index is 10.8. The lowest BCUT2D eigenvalue weighted by Gasteiger charge is -2.25. The Labute approximate surface area is 152 Å². The summed E-state index contributed by atoms with van der Waals surface area (Å²) in [6, 6.07) is 4.55. The van der Waals surface area contributed by atoms with Crippen LogP contribution in [-0.4, -0.2) is 5.11 Å². The molecule has 2 heteroatoms. The van der Waals surface area contributed by atoms with Gasteiger partial charge in [0.2, 0.25) is 0 Å². The Morgan fingerprint density at radius 3 is 1.79 bits per heavy atom. The third-order valence-corrected chi connectivity index (χ3v) is 6.54. The van der Waals surface area contributed by atoms with Crippen LogP contribution in [0.1, 0.15) is 112 Å². The average Bonchev–Trinajstić information content (AvgIpc) is 2.85. The van der Waals surface area contributed by atoms with Gasteiger partial charge >= 0.3 is 0 Å². The van der Waals surface area contributed by atoms with Crippen LogP contribution < -0.4 is 0 Å². The zero-order chi connectivity index (χ0) is 16.8. The van der Waals surface area contributed by atoms with E-state index in [0.717, 1.165) is 5.56 Å². The van der Waals surface area contributed by atoms with Crippen LogP contribution in [0.3, 0.4) is 0 Å². The van der Waals surface area contributed by atoms with E-state index in [1.54, 1.807) is 0 Å². The highest BCUT2D eigenvalue weighted by atomic mass is 35.5. The summed E-state index contributed by atoms with van der Waals surface area (Å²) in [7, 11) is 0. The van der Waals surface area contributed by atoms with Gasteiger partial charge in [0, 0.05) is 5.56 Å². The van der Waals surface area contributed by atoms with Crippen molar-refractivity contribution in [3.63, 3.8) is 0 Å². The van der Waals surface area contributed by atoms with Crippen molar-refractivity contribution in [2.45, 2.75) is 101 Å². The predicted octanol–water partition coefficient (Wildman–Crippen LogP) is 7.40. The van der Waals surface area contributed by atoms with Gasteiger partial charge in [-0.2, -0.15) is 0 Å². The minimum absolute atomic E-state index is 0.423. The molecule has 24 heavy (non-hydrogen) atoms. The standard InChI is InChI=1S/C22H33ClO/c23-16-20-14-19(17-10-6-4-5-7-11-17)15-21(22(20)24)18-12-8-2-1-3-9-13-18/h14-15,17-18,24H,1-13,16H2. The van der Waals surface area contributed by atoms with E-state index in [2.05, 4.69) is 12.1 Å². The molecule has 0 saturated heterocycles. The number of phenols is 1. The first-order valence-corrected chi connectivity index (χ1v) is 10.7. The highest BCUT2D eigenvalue weighted by molar-refractivity contribution is 6.17. The quantitative estimate of drug-likeness (QED) is 0.445. The summed E-state index contributed by atoms with van der Waals surface area (Å²) in [5.74, 6) is 2.11. The number of hydrogen-bond donors (Lipinski definition) is 1. The number of alkyl halides is 1. The van der Waals surface area contributed by atoms with Crippen LogP contribution >= 0.6 is 11.6 Å². The Balaban J connectivity index is 1.89. The van der Waals surface area contributed by atoms with Crippen molar-refractivity contribution in [2.24, 2.45) is 0 Å². The molecule has 3 rings (SSSR count). The molecule has 0 aromatic heterocycles. The summed E-state index contributed by atoms with van der Waals surface area (Å²) in [6.45, 7) is 0. The second kappa shape index (κ2) is 9.13. The Kier molecular flexibility index (Phi) is 6.89. The minimum atomic E-state index is 0.423. The van der Waals surface area contributed by atoms with Crippen molar-refractivity contribution in [2.75, 3.05) is 0 Å². The predicted molar refractivity (Wildman–Crippen MR) is 103 cm³/mol. The van der Waals surface area contributed by atoms with E-state index in [9.17, 15) is 5.11 Å². The summed E-state index contributed by atoms with van der Waals surface area (Å²) in [4.78, 5) is 0. The zero-order valence-electron chi connectivity index (χ0n) is 15.0. The molecule has 2 saturated carbocycles. The highest BCUT2D eigenvalue weighted by Gasteiger charge is 2.22. The maximum atomic E-state index is 10.8. The van der Waals surface area contributed by atoms with Gasteiger partial charge in [-0.3, -0.25) is 0 Å². The second-order valence-corrected chi connectivity index (χ2v) is 8.25. The smallest absolute Gasteiger partial charge is 0.123 e. The van der Waals surface area contributed by atoms with Gasteiger partial charge in [0.05, 0.1) is 5.88 Å². The summed E-state index contributed by atoms with van der Waals surface area (Å²) in [5, 5.41) is 10.8. The lowest BCUT2D eigenvalue weighted by molar-refractivity contribution is 0.421. The van der Waals surface area contributed by atoms with Crippen LogP contribution in [-0.2, 0) is 5.88 Å². The fourth-order valence-corrected chi connectivity index (χ4v) is 4.98. The molecule has 0 radical (unpaired) electrons. The summed E-state index contributed by atoms with van der Waals surface area (Å²) in [6.07, 6.45) is 17.2. The van der Waals surface area contributed by atoms with Gasteiger partial charge in [0.1, 0.15) is 5.75 Å². The van der Waals surface area contributed by atoms with Crippen LogP contribution in [0.4, 0.5) is 0 Å². The minimum Gasteiger partial charge on any atom is -0.507 e. The van der Waals surface area contributed by atoms with Crippen LogP contribution in [0.2, 0.25) is 0 Å². The number of aromatic hydroxyl groups is 1. The Morgan fingerprint density at radius 1 is 0.750 bits per heavy atom. The molecule has 0 bridgehead atoms. The van der Waals surface area contributed by atoms with Gasteiger partial charge in [0.15, 0.2) is 0 Å². The summed E-state index contributed by atoms with van der Waals surface area (Å²) >= 11 is 6.18. The summed E-state index contributed by atoms with van der Waals surface area (Å²) < 4.78 is 0. The first kappa shape index (κ1) is 18.1. The molecule has 2 aliphatic carbocycles. The van der Waals surface area contributed by atoms with Crippen molar-refractivity contribution < 1.29 is 5.11 Å². The molecule has 0 atom stereocenters. The molecule has 1 N–H and O–H groups in total. The molecular weight excluding hydrogens is 316 g/mol. The molecule has 134 valence electrons. The lowest BCUT2D eigenvalue weighted by Crippen LogP contribution is -2.06. The molecule has 1 aromatic carbocycles. The number of benzene rings is 1. The Hall–Kier alpha value is -0.690. The molecule has 0 spiro atoms. The Morgan fingerprint density at radius 2 is 1.25 bits per heavy atom. The molecule has 0 aliphatic heterocycles. The second-order valence-electron chi connectivity index (χ2n) is 7.98. The van der Waals surface area contributed by atoms with Gasteiger partial charge in [-0.25, -0.2) is 0 Å². The van der Waals surface area contributed by atoms with Gasteiger partial charge in [-0.15, -0.1) is 11.6 Å². The fraction of sp³-hybridized carbons (Fsp3) is 0.727. The molecule has 0 unspecified atom stereocenters. The van der Waals surface area contributed by atoms with Crippen molar-refractivity contribution in [1.82, 2.24) is 0 Å². The molecule has 1 nitrogen and oxygen atoms in total. The average molecular weight is 349 g/mol. The highest BCUT2D eigenvalue weighted by Crippen LogP contribution is 2.41. The Bertz CT molecular complexity index is 509. The topological polar surface area (TPSA) is 20.2 Å². The van der Waals surface area contributed by atoms with Gasteiger partial charge in [0.25, 0.3) is 0 Å². The van der Waals surface area contributed by atoms with Gasteiger partial charge in [-0.1, -0.05) is 69.9 Å². The van der Waals surface area contributed by atoms with E-state index in [1.807, 2.05) is 0 Å². The van der Waals surface area contributed by atoms with Crippen molar-refractivity contribution in [1.29, 1.82) is 0 Å². The number of rotatable bonds is 3. The van der Waals surface area contributed by atoms with E-state index in [1.165, 1.54) is 94.6 Å². The van der Waals surface area contributed by atoms with E-state index in [-0.39, 0.29) is 0 Å².